The number of hydrogen-bond acceptors (Lipinski definition) is 2. The molecular weight excluding hydrogens is 385 g/mol. The van der Waals surface area contributed by atoms with Gasteiger partial charge in [-0.25, -0.2) is 4.39 Å². The van der Waals surface area contributed by atoms with E-state index >= 15 is 0 Å². The minimum absolute atomic E-state index is 0.116. The first-order valence-corrected chi connectivity index (χ1v) is 9.22. The van der Waals surface area contributed by atoms with Crippen molar-refractivity contribution in [3.05, 3.63) is 63.9 Å². The van der Waals surface area contributed by atoms with Crippen LogP contribution in [0.3, 0.4) is 0 Å². The van der Waals surface area contributed by atoms with Gasteiger partial charge in [-0.05, 0) is 53.0 Å². The van der Waals surface area contributed by atoms with Gasteiger partial charge in [0, 0.05) is 22.0 Å². The molecule has 0 unspecified atom stereocenters. The molecule has 25 heavy (non-hydrogen) atoms. The summed E-state index contributed by atoms with van der Waals surface area (Å²) in [6.45, 7) is 0.538. The van der Waals surface area contributed by atoms with Gasteiger partial charge in [-0.1, -0.05) is 31.0 Å². The number of ether oxygens (including phenoxy) is 1. The van der Waals surface area contributed by atoms with Gasteiger partial charge in [0.2, 0.25) is 0 Å². The molecule has 5 heteroatoms. The van der Waals surface area contributed by atoms with Crippen molar-refractivity contribution in [2.75, 3.05) is 13.7 Å². The molecule has 1 fully saturated rings. The number of methoxy groups -OCH3 is 1. The van der Waals surface area contributed by atoms with Gasteiger partial charge in [-0.15, -0.1) is 0 Å². The standard InChI is InChI=1S/C20H21BrFNO2/c1-25-18-7-3-2-6-16(18)20(10-4-5-11-20)13-23-19(24)15-9-8-14(22)12-17(15)21/h2-3,6-9,12H,4-5,10-11,13H2,1H3,(H,23,24). The molecule has 0 spiro atoms. The molecule has 3 nitrogen and oxygen atoms in total. The van der Waals surface area contributed by atoms with Crippen LogP contribution in [0.2, 0.25) is 0 Å². The summed E-state index contributed by atoms with van der Waals surface area (Å²) >= 11 is 3.26. The molecule has 0 aromatic heterocycles. The van der Waals surface area contributed by atoms with Crippen LogP contribution in [0.15, 0.2) is 46.9 Å². The SMILES string of the molecule is COc1ccccc1C1(CNC(=O)c2ccc(F)cc2Br)CCCC1. The minimum atomic E-state index is -0.371. The maximum absolute atomic E-state index is 13.2. The molecule has 0 bridgehead atoms. The van der Waals surface area contributed by atoms with Crippen LogP contribution in [-0.4, -0.2) is 19.6 Å². The smallest absolute Gasteiger partial charge is 0.252 e. The minimum Gasteiger partial charge on any atom is -0.496 e. The quantitative estimate of drug-likeness (QED) is 0.772. The van der Waals surface area contributed by atoms with Gasteiger partial charge < -0.3 is 10.1 Å². The second-order valence-corrected chi connectivity index (χ2v) is 7.35. The van der Waals surface area contributed by atoms with E-state index in [1.165, 1.54) is 18.2 Å². The van der Waals surface area contributed by atoms with E-state index in [4.69, 9.17) is 4.74 Å². The Hall–Kier alpha value is -1.88. The monoisotopic (exact) mass is 405 g/mol. The zero-order valence-electron chi connectivity index (χ0n) is 14.1. The summed E-state index contributed by atoms with van der Waals surface area (Å²) < 4.78 is 19.2. The van der Waals surface area contributed by atoms with Gasteiger partial charge in [0.05, 0.1) is 12.7 Å². The molecule has 0 atom stereocenters. The number of benzene rings is 2. The van der Waals surface area contributed by atoms with Crippen molar-refractivity contribution in [3.8, 4) is 5.75 Å². The average Bonchev–Trinajstić information content (AvgIpc) is 3.09. The number of halogens is 2. The zero-order valence-corrected chi connectivity index (χ0v) is 15.7. The first-order valence-electron chi connectivity index (χ1n) is 8.42. The molecule has 2 aromatic carbocycles. The third-order valence-electron chi connectivity index (χ3n) is 5.00. The maximum Gasteiger partial charge on any atom is 0.252 e. The van der Waals surface area contributed by atoms with Crippen molar-refractivity contribution in [3.63, 3.8) is 0 Å². The van der Waals surface area contributed by atoms with Crippen molar-refractivity contribution in [2.45, 2.75) is 31.1 Å². The van der Waals surface area contributed by atoms with Crippen molar-refractivity contribution in [1.29, 1.82) is 0 Å². The van der Waals surface area contributed by atoms with Crippen LogP contribution < -0.4 is 10.1 Å². The molecule has 1 N–H and O–H groups in total. The van der Waals surface area contributed by atoms with E-state index in [-0.39, 0.29) is 17.1 Å². The largest absolute Gasteiger partial charge is 0.496 e. The predicted octanol–water partition coefficient (Wildman–Crippen LogP) is 4.84. The van der Waals surface area contributed by atoms with Crippen molar-refractivity contribution < 1.29 is 13.9 Å². The highest BCUT2D eigenvalue weighted by Crippen LogP contribution is 2.44. The molecule has 0 heterocycles. The number of para-hydroxylation sites is 1. The fourth-order valence-electron chi connectivity index (χ4n) is 3.69. The van der Waals surface area contributed by atoms with E-state index in [1.807, 2.05) is 18.2 Å². The molecule has 3 rings (SSSR count). The van der Waals surface area contributed by atoms with Crippen molar-refractivity contribution >= 4 is 21.8 Å². The van der Waals surface area contributed by atoms with Crippen LogP contribution in [-0.2, 0) is 5.41 Å². The van der Waals surface area contributed by atoms with Crippen molar-refractivity contribution in [2.24, 2.45) is 0 Å². The van der Waals surface area contributed by atoms with E-state index in [9.17, 15) is 9.18 Å². The van der Waals surface area contributed by atoms with E-state index in [0.717, 1.165) is 37.0 Å². The normalized spacial score (nSPS) is 15.8. The van der Waals surface area contributed by atoms with Crippen LogP contribution in [0.25, 0.3) is 0 Å². The first kappa shape index (κ1) is 17.9. The van der Waals surface area contributed by atoms with Gasteiger partial charge in [-0.2, -0.15) is 0 Å². The molecule has 2 aromatic rings. The van der Waals surface area contributed by atoms with E-state index in [2.05, 4.69) is 27.3 Å². The fourth-order valence-corrected chi connectivity index (χ4v) is 4.23. The summed E-state index contributed by atoms with van der Waals surface area (Å²) in [5, 5.41) is 3.04. The number of nitrogens with one attached hydrogen (secondary N) is 1. The Kier molecular flexibility index (Phi) is 5.42. The number of carbonyl (C=O) groups excluding carboxylic acids is 1. The molecule has 0 radical (unpaired) electrons. The molecule has 1 aliphatic carbocycles. The Morgan fingerprint density at radius 3 is 2.64 bits per heavy atom. The van der Waals surface area contributed by atoms with Gasteiger partial charge in [0.1, 0.15) is 11.6 Å². The highest BCUT2D eigenvalue weighted by molar-refractivity contribution is 9.10. The Bertz CT molecular complexity index is 772. The van der Waals surface area contributed by atoms with E-state index < -0.39 is 0 Å². The summed E-state index contributed by atoms with van der Waals surface area (Å²) in [6.07, 6.45) is 4.29. The van der Waals surface area contributed by atoms with Crippen LogP contribution in [0.1, 0.15) is 41.6 Å². The second kappa shape index (κ2) is 7.56. The van der Waals surface area contributed by atoms with Gasteiger partial charge >= 0.3 is 0 Å². The number of hydrogen-bond donors (Lipinski definition) is 1. The van der Waals surface area contributed by atoms with Gasteiger partial charge in [-0.3, -0.25) is 4.79 Å². The summed E-state index contributed by atoms with van der Waals surface area (Å²) in [6, 6.07) is 12.1. The predicted molar refractivity (Wildman–Crippen MR) is 99.6 cm³/mol. The van der Waals surface area contributed by atoms with Gasteiger partial charge in [0.15, 0.2) is 0 Å². The lowest BCUT2D eigenvalue weighted by Gasteiger charge is -2.31. The fraction of sp³-hybridized carbons (Fsp3) is 0.350. The zero-order chi connectivity index (χ0) is 17.9. The summed E-state index contributed by atoms with van der Waals surface area (Å²) in [4.78, 5) is 12.6. The summed E-state index contributed by atoms with van der Waals surface area (Å²) in [7, 11) is 1.68. The van der Waals surface area contributed by atoms with Crippen LogP contribution in [0, 0.1) is 5.82 Å². The van der Waals surface area contributed by atoms with E-state index in [0.29, 0.717) is 16.6 Å². The summed E-state index contributed by atoms with van der Waals surface area (Å²) in [5.74, 6) is 0.291. The maximum atomic E-state index is 13.2. The molecule has 132 valence electrons. The topological polar surface area (TPSA) is 38.3 Å². The lowest BCUT2D eigenvalue weighted by molar-refractivity contribution is 0.0942. The van der Waals surface area contributed by atoms with Crippen LogP contribution >= 0.6 is 15.9 Å². The molecule has 1 amide bonds. The lowest BCUT2D eigenvalue weighted by Crippen LogP contribution is -2.39. The number of carbonyl (C=O) groups is 1. The Balaban J connectivity index is 1.82. The Labute approximate surface area is 155 Å². The third kappa shape index (κ3) is 3.71. The Morgan fingerprint density at radius 1 is 1.24 bits per heavy atom. The lowest BCUT2D eigenvalue weighted by atomic mass is 9.78. The van der Waals surface area contributed by atoms with Crippen LogP contribution in [0.4, 0.5) is 4.39 Å². The molecule has 0 saturated heterocycles. The first-order chi connectivity index (χ1) is 12.1. The second-order valence-electron chi connectivity index (χ2n) is 6.49. The number of amides is 1. The highest BCUT2D eigenvalue weighted by Gasteiger charge is 2.38. The molecular formula is C20H21BrFNO2. The highest BCUT2D eigenvalue weighted by atomic mass is 79.9. The van der Waals surface area contributed by atoms with Gasteiger partial charge in [0.25, 0.3) is 5.91 Å². The average molecular weight is 406 g/mol. The summed E-state index contributed by atoms with van der Waals surface area (Å²) in [5.41, 5.74) is 1.47. The van der Waals surface area contributed by atoms with Crippen LogP contribution in [0.5, 0.6) is 5.75 Å². The molecule has 0 aliphatic heterocycles. The Morgan fingerprint density at radius 2 is 1.96 bits per heavy atom. The molecule has 1 saturated carbocycles. The van der Waals surface area contributed by atoms with Crippen molar-refractivity contribution in [1.82, 2.24) is 5.32 Å². The number of rotatable bonds is 5. The van der Waals surface area contributed by atoms with E-state index in [1.54, 1.807) is 7.11 Å². The molecule has 1 aliphatic rings. The third-order valence-corrected chi connectivity index (χ3v) is 5.66.